The number of alkyl halides is 3. The number of hydrogen-bond acceptors (Lipinski definition) is 6. The van der Waals surface area contributed by atoms with Crippen molar-refractivity contribution in [2.45, 2.75) is 75.7 Å². The van der Waals surface area contributed by atoms with Gasteiger partial charge in [0.05, 0.1) is 16.5 Å². The van der Waals surface area contributed by atoms with Crippen LogP contribution in [0.4, 0.5) is 18.9 Å². The Labute approximate surface area is 206 Å². The number of imide groups is 2. The number of rotatable bonds is 6. The lowest BCUT2D eigenvalue weighted by Gasteiger charge is -2.40. The Morgan fingerprint density at radius 3 is 2.42 bits per heavy atom. The van der Waals surface area contributed by atoms with E-state index < -0.39 is 41.3 Å². The first kappa shape index (κ1) is 24.7. The first-order chi connectivity index (χ1) is 17.0. The normalized spacial score (nSPS) is 27.7. The summed E-state index contributed by atoms with van der Waals surface area (Å²) in [6, 6.07) is 3.66. The summed E-state index contributed by atoms with van der Waals surface area (Å²) in [5.74, 6) is -2.26. The first-order valence-corrected chi connectivity index (χ1v) is 12.4. The van der Waals surface area contributed by atoms with Crippen molar-refractivity contribution in [1.82, 2.24) is 15.5 Å². The summed E-state index contributed by atoms with van der Waals surface area (Å²) in [7, 11) is 1.85. The number of nitrogens with zero attached hydrogens (tertiary/aromatic N) is 2. The predicted octanol–water partition coefficient (Wildman–Crippen LogP) is 2.77. The molecule has 3 atom stereocenters. The molecule has 2 saturated carbocycles. The highest BCUT2D eigenvalue weighted by Crippen LogP contribution is 2.57. The number of anilines is 1. The molecule has 0 spiro atoms. The van der Waals surface area contributed by atoms with Crippen molar-refractivity contribution in [3.05, 3.63) is 29.3 Å². The van der Waals surface area contributed by atoms with Crippen molar-refractivity contribution in [1.29, 1.82) is 0 Å². The summed E-state index contributed by atoms with van der Waals surface area (Å²) >= 11 is 0. The van der Waals surface area contributed by atoms with E-state index in [9.17, 15) is 32.3 Å². The van der Waals surface area contributed by atoms with Crippen LogP contribution in [0.15, 0.2) is 18.2 Å². The monoisotopic (exact) mass is 506 g/mol. The van der Waals surface area contributed by atoms with Gasteiger partial charge in [-0.15, -0.1) is 0 Å². The highest BCUT2D eigenvalue weighted by atomic mass is 19.4. The third kappa shape index (κ3) is 4.16. The van der Waals surface area contributed by atoms with Gasteiger partial charge < -0.3 is 10.2 Å². The molecule has 2 heterocycles. The average Bonchev–Trinajstić information content (AvgIpc) is 3.60. The van der Waals surface area contributed by atoms with Crippen molar-refractivity contribution < 1.29 is 32.3 Å². The molecule has 2 aliphatic carbocycles. The predicted molar refractivity (Wildman–Crippen MR) is 123 cm³/mol. The van der Waals surface area contributed by atoms with Gasteiger partial charge >= 0.3 is 6.18 Å². The third-order valence-corrected chi connectivity index (χ3v) is 8.22. The lowest BCUT2D eigenvalue weighted by Crippen LogP contribution is -2.54. The second-order valence-corrected chi connectivity index (χ2v) is 10.4. The van der Waals surface area contributed by atoms with Gasteiger partial charge in [0.2, 0.25) is 11.8 Å². The van der Waals surface area contributed by atoms with E-state index in [1.807, 2.05) is 11.9 Å². The van der Waals surface area contributed by atoms with Crippen molar-refractivity contribution in [3.63, 3.8) is 0 Å². The Morgan fingerprint density at radius 2 is 1.75 bits per heavy atom. The molecular formula is C25H29F3N4O4. The van der Waals surface area contributed by atoms with E-state index in [0.29, 0.717) is 5.69 Å². The van der Waals surface area contributed by atoms with Crippen LogP contribution in [0.2, 0.25) is 0 Å². The van der Waals surface area contributed by atoms with Crippen LogP contribution in [-0.4, -0.2) is 66.4 Å². The average molecular weight is 507 g/mol. The maximum absolute atomic E-state index is 13.4. The van der Waals surface area contributed by atoms with Crippen LogP contribution in [0.1, 0.15) is 72.1 Å². The fraction of sp³-hybridized carbons (Fsp3) is 0.600. The fourth-order valence-corrected chi connectivity index (χ4v) is 5.72. The summed E-state index contributed by atoms with van der Waals surface area (Å²) in [5.41, 5.74) is -0.562. The minimum absolute atomic E-state index is 0.0451. The molecule has 1 aromatic carbocycles. The van der Waals surface area contributed by atoms with E-state index in [0.717, 1.165) is 30.6 Å². The van der Waals surface area contributed by atoms with Crippen LogP contribution in [0.3, 0.4) is 0 Å². The van der Waals surface area contributed by atoms with E-state index in [2.05, 4.69) is 10.6 Å². The molecule has 3 fully saturated rings. The Bertz CT molecular complexity index is 1120. The minimum Gasteiger partial charge on any atom is -0.370 e. The molecule has 0 aromatic heterocycles. The minimum atomic E-state index is -4.21. The lowest BCUT2D eigenvalue weighted by atomic mass is 9.88. The summed E-state index contributed by atoms with van der Waals surface area (Å²) in [6.45, 7) is -0.0937. The van der Waals surface area contributed by atoms with Gasteiger partial charge in [-0.2, -0.15) is 13.2 Å². The summed E-state index contributed by atoms with van der Waals surface area (Å²) in [6.07, 6.45) is -0.349. The number of piperidine rings is 1. The van der Waals surface area contributed by atoms with Gasteiger partial charge in [0, 0.05) is 37.8 Å². The standard InChI is InChI=1S/C25H29F3N4O4/c1-31(18-5-3-2-4-17(18)29-13-24(10-11-24)25(26,27)28)14-6-7-15-16(12-14)23(36)32(22(15)35)19-8-9-20(33)30-21(19)34/h6-7,12,17-19,29H,2-5,8-11,13H2,1H3,(H,30,33,34)/t17-,18+,19?/m1/s1. The van der Waals surface area contributed by atoms with Crippen molar-refractivity contribution >= 4 is 29.3 Å². The van der Waals surface area contributed by atoms with Crippen molar-refractivity contribution in [3.8, 4) is 0 Å². The molecule has 2 N–H and O–H groups in total. The molecule has 5 rings (SSSR count). The molecule has 0 radical (unpaired) electrons. The number of hydrogen-bond donors (Lipinski definition) is 2. The fourth-order valence-electron chi connectivity index (χ4n) is 5.72. The molecule has 1 aromatic rings. The number of nitrogens with one attached hydrogen (secondary N) is 2. The zero-order valence-corrected chi connectivity index (χ0v) is 20.0. The second-order valence-electron chi connectivity index (χ2n) is 10.4. The summed E-state index contributed by atoms with van der Waals surface area (Å²) in [4.78, 5) is 52.8. The Balaban J connectivity index is 1.33. The molecule has 4 aliphatic rings. The molecular weight excluding hydrogens is 477 g/mol. The highest BCUT2D eigenvalue weighted by Gasteiger charge is 2.63. The highest BCUT2D eigenvalue weighted by molar-refractivity contribution is 6.23. The summed E-state index contributed by atoms with van der Waals surface area (Å²) in [5, 5.41) is 5.37. The van der Waals surface area contributed by atoms with Gasteiger partial charge in [-0.25, -0.2) is 0 Å². The van der Waals surface area contributed by atoms with Crippen LogP contribution < -0.4 is 15.5 Å². The van der Waals surface area contributed by atoms with Gasteiger partial charge in [0.25, 0.3) is 11.8 Å². The van der Waals surface area contributed by atoms with Crippen molar-refractivity contribution in [2.75, 3.05) is 18.5 Å². The zero-order chi connectivity index (χ0) is 25.8. The number of likely N-dealkylation sites (N-methyl/N-ethyl adjacent to an activating group) is 1. The largest absolute Gasteiger partial charge is 0.395 e. The molecule has 194 valence electrons. The number of halogens is 3. The van der Waals surface area contributed by atoms with Crippen LogP contribution in [0, 0.1) is 5.41 Å². The van der Waals surface area contributed by atoms with Crippen molar-refractivity contribution in [2.24, 2.45) is 5.41 Å². The maximum Gasteiger partial charge on any atom is 0.395 e. The first-order valence-electron chi connectivity index (χ1n) is 12.4. The Morgan fingerprint density at radius 1 is 1.06 bits per heavy atom. The van der Waals surface area contributed by atoms with Gasteiger partial charge in [0.1, 0.15) is 6.04 Å². The SMILES string of the molecule is CN(c1ccc2c(c1)C(=O)N(C1CCC(=O)NC1=O)C2=O)[C@H]1CCCC[C@H]1NCC1(C(F)(F)F)CC1. The second kappa shape index (κ2) is 8.86. The summed E-state index contributed by atoms with van der Waals surface area (Å²) < 4.78 is 40.3. The lowest BCUT2D eigenvalue weighted by molar-refractivity contribution is -0.186. The molecule has 1 unspecified atom stereocenters. The van der Waals surface area contributed by atoms with Gasteiger partial charge in [-0.1, -0.05) is 12.8 Å². The number of amides is 4. The number of fused-ring (bicyclic) bond motifs is 1. The zero-order valence-electron chi connectivity index (χ0n) is 20.0. The van der Waals surface area contributed by atoms with E-state index >= 15 is 0 Å². The molecule has 1 saturated heterocycles. The number of carbonyl (C=O) groups is 4. The van der Waals surface area contributed by atoms with E-state index in [-0.39, 0.29) is 55.4 Å². The quantitative estimate of drug-likeness (QED) is 0.576. The molecule has 11 heteroatoms. The third-order valence-electron chi connectivity index (χ3n) is 8.22. The van der Waals surface area contributed by atoms with E-state index in [1.54, 1.807) is 18.2 Å². The Hall–Kier alpha value is -2.95. The van der Waals surface area contributed by atoms with Crippen LogP contribution >= 0.6 is 0 Å². The molecule has 0 bridgehead atoms. The van der Waals surface area contributed by atoms with E-state index in [4.69, 9.17) is 0 Å². The van der Waals surface area contributed by atoms with Gasteiger partial charge in [0.15, 0.2) is 0 Å². The van der Waals surface area contributed by atoms with Gasteiger partial charge in [-0.05, 0) is 50.3 Å². The molecule has 8 nitrogen and oxygen atoms in total. The number of benzene rings is 1. The molecule has 36 heavy (non-hydrogen) atoms. The Kier molecular flexibility index (Phi) is 6.09. The van der Waals surface area contributed by atoms with Crippen LogP contribution in [0.5, 0.6) is 0 Å². The molecule has 4 amide bonds. The topological polar surface area (TPSA) is 98.8 Å². The van der Waals surface area contributed by atoms with Crippen LogP contribution in [-0.2, 0) is 9.59 Å². The van der Waals surface area contributed by atoms with E-state index in [1.165, 1.54) is 0 Å². The smallest absolute Gasteiger partial charge is 0.370 e. The molecule has 2 aliphatic heterocycles. The number of carbonyl (C=O) groups excluding carboxylic acids is 4. The van der Waals surface area contributed by atoms with Gasteiger partial charge in [-0.3, -0.25) is 29.4 Å². The maximum atomic E-state index is 13.4. The van der Waals surface area contributed by atoms with Crippen LogP contribution in [0.25, 0.3) is 0 Å².